The molecule has 0 heterocycles. The lowest BCUT2D eigenvalue weighted by molar-refractivity contribution is -0.161. The molecule has 3 N–H and O–H groups in total. The van der Waals surface area contributed by atoms with Gasteiger partial charge in [0.05, 0.1) is 26.4 Å². The zero-order valence-corrected chi connectivity index (χ0v) is 65.2. The summed E-state index contributed by atoms with van der Waals surface area (Å²) in [5.41, 5.74) is 0. The molecule has 19 heteroatoms. The summed E-state index contributed by atoms with van der Waals surface area (Å²) < 4.78 is 68.6. The first-order valence-corrected chi connectivity index (χ1v) is 42.8. The van der Waals surface area contributed by atoms with Crippen LogP contribution in [-0.2, 0) is 65.4 Å². The van der Waals surface area contributed by atoms with Crippen LogP contribution in [0.4, 0.5) is 0 Å². The minimum atomic E-state index is -4.98. The molecule has 0 rings (SSSR count). The molecule has 0 radical (unpaired) electrons. The van der Waals surface area contributed by atoms with Crippen molar-refractivity contribution in [2.45, 2.75) is 367 Å². The molecule has 0 aliphatic rings. The average molecular weight is 1450 g/mol. The van der Waals surface area contributed by atoms with Crippen LogP contribution in [0.25, 0.3) is 0 Å². The Kier molecular flexibility index (Phi) is 70.8. The summed E-state index contributed by atoms with van der Waals surface area (Å²) in [6, 6.07) is 0. The van der Waals surface area contributed by atoms with Crippen molar-refractivity contribution in [3.63, 3.8) is 0 Å². The third-order valence-electron chi connectivity index (χ3n) is 16.8. The Bertz CT molecular complexity index is 2230. The van der Waals surface area contributed by atoms with Crippen molar-refractivity contribution >= 4 is 39.5 Å². The maximum atomic E-state index is 13.1. The molecule has 580 valence electrons. The van der Waals surface area contributed by atoms with Crippen molar-refractivity contribution in [1.82, 2.24) is 0 Å². The topological polar surface area (TPSA) is 237 Å². The van der Waals surface area contributed by atoms with Gasteiger partial charge in [0.25, 0.3) is 0 Å². The number of esters is 4. The van der Waals surface area contributed by atoms with Gasteiger partial charge in [-0.3, -0.25) is 37.3 Å². The fourth-order valence-corrected chi connectivity index (χ4v) is 12.3. The van der Waals surface area contributed by atoms with Gasteiger partial charge in [0.2, 0.25) is 0 Å². The zero-order valence-electron chi connectivity index (χ0n) is 63.4. The second-order valence-corrected chi connectivity index (χ2v) is 29.5. The summed E-state index contributed by atoms with van der Waals surface area (Å²) in [6.45, 7) is 4.72. The highest BCUT2D eigenvalue weighted by molar-refractivity contribution is 7.47. The molecule has 0 spiro atoms. The van der Waals surface area contributed by atoms with Crippen molar-refractivity contribution < 1.29 is 80.2 Å². The highest BCUT2D eigenvalue weighted by Crippen LogP contribution is 2.45. The molecule has 0 fully saturated rings. The van der Waals surface area contributed by atoms with E-state index in [9.17, 15) is 43.2 Å². The molecular formula is C81H144O17P2. The second-order valence-electron chi connectivity index (χ2n) is 26.6. The van der Waals surface area contributed by atoms with Gasteiger partial charge in [-0.15, -0.1) is 0 Å². The van der Waals surface area contributed by atoms with Gasteiger partial charge in [0.15, 0.2) is 12.2 Å². The molecule has 17 nitrogen and oxygen atoms in total. The highest BCUT2D eigenvalue weighted by atomic mass is 31.2. The molecule has 0 saturated carbocycles. The Morgan fingerprint density at radius 2 is 0.520 bits per heavy atom. The predicted octanol–water partition coefficient (Wildman–Crippen LogP) is 23.0. The first-order chi connectivity index (χ1) is 48.7. The standard InChI is InChI=1S/C81H144O17P2/c1-5-9-13-17-21-25-29-33-35-36-37-38-40-43-46-50-54-58-62-66-79(84)92-72-77(98-81(86)68-64-60-56-52-48-44-39-34-30-26-22-18-14-10-6-2)74-96-100(89,90)94-70-75(82)69-93-99(87,88)95-73-76(97-80(85)67-63-59-55-51-47-42-32-28-24-20-16-12-8-4)71-91-78(83)65-61-57-53-49-45-41-31-27-23-19-15-11-7-3/h10,14,21-22,25-27,31,33-35,37-39,75-77,82H,5-9,11-13,15-20,23-24,28-30,32,36,40-74H2,1-4H3,(H,87,88)(H,89,90)/b14-10-,25-21-,26-22-,31-27-,35-33-,38-37-,39-34-. The minimum absolute atomic E-state index is 0.0735. The van der Waals surface area contributed by atoms with E-state index in [0.29, 0.717) is 25.7 Å². The Balaban J connectivity index is 5.34. The van der Waals surface area contributed by atoms with E-state index in [-0.39, 0.29) is 25.7 Å². The van der Waals surface area contributed by atoms with Crippen LogP contribution in [-0.4, -0.2) is 96.7 Å². The number of phosphoric acid groups is 2. The summed E-state index contributed by atoms with van der Waals surface area (Å²) in [6.07, 6.45) is 75.6. The van der Waals surface area contributed by atoms with Crippen LogP contribution >= 0.6 is 15.6 Å². The van der Waals surface area contributed by atoms with Gasteiger partial charge in [-0.25, -0.2) is 9.13 Å². The van der Waals surface area contributed by atoms with E-state index in [1.54, 1.807) is 0 Å². The van der Waals surface area contributed by atoms with Crippen LogP contribution in [0.15, 0.2) is 85.1 Å². The molecule has 0 aliphatic heterocycles. The Morgan fingerprint density at radius 3 is 0.840 bits per heavy atom. The SMILES string of the molecule is CC/C=C\C/C=C\C/C=C\CCCCCCCC(=O)OC(COC(=O)CCCCCCCC/C=C\C/C=C\C/C=C\CCCCC)COP(=O)(O)OCC(O)COP(=O)(O)OCC(COC(=O)CCCCCCC/C=C\CCCCCC)OC(=O)CCCCCCCCCCCCCCC. The summed E-state index contributed by atoms with van der Waals surface area (Å²) in [5, 5.41) is 10.6. The number of rotatable bonds is 75. The fourth-order valence-electron chi connectivity index (χ4n) is 10.8. The molecule has 5 unspecified atom stereocenters. The number of allylic oxidation sites excluding steroid dienone is 14. The second kappa shape index (κ2) is 73.5. The lowest BCUT2D eigenvalue weighted by Gasteiger charge is -2.21. The van der Waals surface area contributed by atoms with Gasteiger partial charge in [-0.05, 0) is 122 Å². The summed E-state index contributed by atoms with van der Waals surface area (Å²) in [7, 11) is -9.95. The third kappa shape index (κ3) is 72.6. The maximum absolute atomic E-state index is 13.1. The average Bonchev–Trinajstić information content (AvgIpc) is 0.946. The van der Waals surface area contributed by atoms with Crippen LogP contribution in [0.1, 0.15) is 349 Å². The maximum Gasteiger partial charge on any atom is 0.472 e. The van der Waals surface area contributed by atoms with Crippen LogP contribution in [0.2, 0.25) is 0 Å². The van der Waals surface area contributed by atoms with Crippen LogP contribution in [0.3, 0.4) is 0 Å². The first kappa shape index (κ1) is 96.2. The van der Waals surface area contributed by atoms with Crippen LogP contribution in [0.5, 0.6) is 0 Å². The lowest BCUT2D eigenvalue weighted by atomic mass is 10.0. The molecule has 0 aromatic heterocycles. The molecule has 0 aromatic carbocycles. The first-order valence-electron chi connectivity index (χ1n) is 39.8. The third-order valence-corrected chi connectivity index (χ3v) is 18.7. The number of ether oxygens (including phenoxy) is 4. The number of carbonyl (C=O) groups excluding carboxylic acids is 4. The van der Waals surface area contributed by atoms with Crippen molar-refractivity contribution in [3.8, 4) is 0 Å². The quantitative estimate of drug-likeness (QED) is 0.0169. The Morgan fingerprint density at radius 1 is 0.290 bits per heavy atom. The minimum Gasteiger partial charge on any atom is -0.462 e. The van der Waals surface area contributed by atoms with E-state index in [1.165, 1.54) is 96.3 Å². The molecule has 0 saturated heterocycles. The molecule has 0 amide bonds. The van der Waals surface area contributed by atoms with Gasteiger partial charge in [0.1, 0.15) is 19.3 Å². The van der Waals surface area contributed by atoms with Gasteiger partial charge >= 0.3 is 39.5 Å². The van der Waals surface area contributed by atoms with Gasteiger partial charge in [-0.2, -0.15) is 0 Å². The van der Waals surface area contributed by atoms with Crippen molar-refractivity contribution in [2.24, 2.45) is 0 Å². The van der Waals surface area contributed by atoms with Crippen molar-refractivity contribution in [1.29, 1.82) is 0 Å². The van der Waals surface area contributed by atoms with E-state index >= 15 is 0 Å². The smallest absolute Gasteiger partial charge is 0.462 e. The van der Waals surface area contributed by atoms with Crippen molar-refractivity contribution in [2.75, 3.05) is 39.6 Å². The van der Waals surface area contributed by atoms with E-state index in [1.807, 2.05) is 0 Å². The lowest BCUT2D eigenvalue weighted by Crippen LogP contribution is -2.30. The molecule has 0 aromatic rings. The van der Waals surface area contributed by atoms with Gasteiger partial charge < -0.3 is 33.8 Å². The fraction of sp³-hybridized carbons (Fsp3) is 0.778. The number of hydrogen-bond acceptors (Lipinski definition) is 15. The van der Waals surface area contributed by atoms with Gasteiger partial charge in [-0.1, -0.05) is 286 Å². The van der Waals surface area contributed by atoms with Gasteiger partial charge in [0, 0.05) is 25.7 Å². The molecule has 100 heavy (non-hydrogen) atoms. The largest absolute Gasteiger partial charge is 0.472 e. The van der Waals surface area contributed by atoms with Crippen LogP contribution in [0, 0.1) is 0 Å². The summed E-state index contributed by atoms with van der Waals surface area (Å²) in [5.74, 6) is -2.19. The Labute approximate surface area is 608 Å². The number of phosphoric ester groups is 2. The van der Waals surface area contributed by atoms with E-state index < -0.39 is 97.5 Å². The monoisotopic (exact) mass is 1450 g/mol. The molecule has 0 aliphatic carbocycles. The number of unbranched alkanes of at least 4 members (excludes halogenated alkanes) is 35. The molecule has 5 atom stereocenters. The highest BCUT2D eigenvalue weighted by Gasteiger charge is 2.30. The van der Waals surface area contributed by atoms with E-state index in [2.05, 4.69) is 113 Å². The van der Waals surface area contributed by atoms with E-state index in [4.69, 9.17) is 37.0 Å². The number of aliphatic hydroxyl groups excluding tert-OH is 1. The van der Waals surface area contributed by atoms with E-state index in [0.717, 1.165) is 173 Å². The number of hydrogen-bond donors (Lipinski definition) is 3. The van der Waals surface area contributed by atoms with Crippen LogP contribution < -0.4 is 0 Å². The molecular weight excluding hydrogens is 1310 g/mol. The normalized spacial score (nSPS) is 14.3. The predicted molar refractivity (Wildman–Crippen MR) is 409 cm³/mol. The Hall–Kier alpha value is -3.76. The molecule has 0 bridgehead atoms. The zero-order chi connectivity index (χ0) is 73.2. The summed E-state index contributed by atoms with van der Waals surface area (Å²) >= 11 is 0. The number of aliphatic hydroxyl groups is 1. The summed E-state index contributed by atoms with van der Waals surface area (Å²) in [4.78, 5) is 72.9. The number of carbonyl (C=O) groups is 4. The van der Waals surface area contributed by atoms with Crippen molar-refractivity contribution in [3.05, 3.63) is 85.1 Å².